The third kappa shape index (κ3) is 59.3. The van der Waals surface area contributed by atoms with Crippen molar-refractivity contribution in [3.8, 4) is 0 Å². The van der Waals surface area contributed by atoms with E-state index < -0.39 is 12.1 Å². The molecule has 0 aromatic carbocycles. The highest BCUT2D eigenvalue weighted by Gasteiger charge is 2.18. The summed E-state index contributed by atoms with van der Waals surface area (Å²) in [5.74, 6) is -0.0781. The van der Waals surface area contributed by atoms with Crippen molar-refractivity contribution in [2.24, 2.45) is 0 Å². The Hall–Kier alpha value is -3.47. The number of unbranched alkanes of at least 4 members (excludes halogenated alkanes) is 28. The SMILES string of the molecule is CC/C=C\C/C=C\C/C=C\C/C=C\C/C=C\C/C=C\C/C=C\C/C=C\C/C=C\CCCCCCCCCCCCCCCC(=O)NC(CO)C(O)/C=C/CC/C=C/CCCCCCCCCCCCCCCC. The van der Waals surface area contributed by atoms with Gasteiger partial charge in [0.05, 0.1) is 18.8 Å². The smallest absolute Gasteiger partial charge is 0.220 e. The molecule has 2 atom stereocenters. The third-order valence-electron chi connectivity index (χ3n) is 13.4. The lowest BCUT2D eigenvalue weighted by atomic mass is 10.0. The molecular formula is C69H117NO3. The first-order valence-corrected chi connectivity index (χ1v) is 30.9. The number of amides is 1. The summed E-state index contributed by atoms with van der Waals surface area (Å²) in [6.45, 7) is 4.19. The Morgan fingerprint density at radius 2 is 0.616 bits per heavy atom. The van der Waals surface area contributed by atoms with Crippen LogP contribution in [0.25, 0.3) is 0 Å². The van der Waals surface area contributed by atoms with Gasteiger partial charge in [0.15, 0.2) is 0 Å². The normalized spacial score (nSPS) is 13.8. The standard InChI is InChI=1S/C69H117NO3/c1-3-5-7-9-11-13-15-17-19-21-23-25-26-27-28-29-30-31-32-33-34-35-36-37-38-39-40-41-42-43-44-45-47-49-51-53-55-57-59-61-63-65-69(73)70-67(66-71)68(72)64-62-60-58-56-54-52-50-48-46-24-22-20-18-16-14-12-10-8-6-4-2/h5,7,11,13,17,19,23,25,27-28,30-31,33-34,36-37,39-40,54,56,62,64,67-68,71-72H,3-4,6,8-10,12,14-16,18,20-22,24,26,29,32,35,38,41-53,55,57-61,63,65-66H2,1-2H3,(H,70,73)/b7-5-,13-11-,19-17-,25-23-,28-27-,31-30-,34-33-,37-36-,40-39-,56-54+,64-62+. The Kier molecular flexibility index (Phi) is 59.8. The molecule has 0 saturated carbocycles. The summed E-state index contributed by atoms with van der Waals surface area (Å²) in [7, 11) is 0. The summed E-state index contributed by atoms with van der Waals surface area (Å²) in [6, 6.07) is -0.648. The van der Waals surface area contributed by atoms with Crippen molar-refractivity contribution in [1.29, 1.82) is 0 Å². The molecule has 4 nitrogen and oxygen atoms in total. The summed E-state index contributed by atoms with van der Waals surface area (Å²) in [6.07, 6.45) is 97.7. The molecule has 0 aromatic rings. The fourth-order valence-electron chi connectivity index (χ4n) is 8.72. The molecule has 0 heterocycles. The van der Waals surface area contributed by atoms with Crippen LogP contribution in [-0.4, -0.2) is 34.9 Å². The number of aliphatic hydroxyl groups excluding tert-OH is 2. The Balaban J connectivity index is 3.58. The maximum Gasteiger partial charge on any atom is 0.220 e. The Morgan fingerprint density at radius 1 is 0.342 bits per heavy atom. The highest BCUT2D eigenvalue weighted by Crippen LogP contribution is 2.16. The van der Waals surface area contributed by atoms with Gasteiger partial charge in [-0.05, 0) is 103 Å². The summed E-state index contributed by atoms with van der Waals surface area (Å²) < 4.78 is 0. The minimum absolute atomic E-state index is 0.0781. The van der Waals surface area contributed by atoms with Crippen LogP contribution in [0.1, 0.15) is 277 Å². The van der Waals surface area contributed by atoms with Crippen LogP contribution in [-0.2, 0) is 4.79 Å². The average Bonchev–Trinajstić information content (AvgIpc) is 3.40. The molecule has 0 aliphatic carbocycles. The van der Waals surface area contributed by atoms with Gasteiger partial charge in [0, 0.05) is 6.42 Å². The van der Waals surface area contributed by atoms with Gasteiger partial charge in [-0.3, -0.25) is 4.79 Å². The van der Waals surface area contributed by atoms with E-state index in [1.807, 2.05) is 6.08 Å². The van der Waals surface area contributed by atoms with E-state index >= 15 is 0 Å². The molecule has 0 bridgehead atoms. The van der Waals surface area contributed by atoms with E-state index in [0.29, 0.717) is 6.42 Å². The lowest BCUT2D eigenvalue weighted by Gasteiger charge is -2.19. The van der Waals surface area contributed by atoms with Gasteiger partial charge in [0.2, 0.25) is 5.91 Å². The van der Waals surface area contributed by atoms with Crippen molar-refractivity contribution < 1.29 is 15.0 Å². The van der Waals surface area contributed by atoms with Crippen LogP contribution < -0.4 is 5.32 Å². The lowest BCUT2D eigenvalue weighted by molar-refractivity contribution is -0.123. The van der Waals surface area contributed by atoms with E-state index in [1.165, 1.54) is 167 Å². The fourth-order valence-corrected chi connectivity index (χ4v) is 8.72. The molecule has 0 radical (unpaired) electrons. The molecule has 416 valence electrons. The van der Waals surface area contributed by atoms with Gasteiger partial charge in [0.25, 0.3) is 0 Å². The van der Waals surface area contributed by atoms with E-state index in [-0.39, 0.29) is 12.5 Å². The molecule has 0 fully saturated rings. The molecule has 0 aliphatic heterocycles. The summed E-state index contributed by atoms with van der Waals surface area (Å²) in [4.78, 5) is 12.5. The quantitative estimate of drug-likeness (QED) is 0.0420. The van der Waals surface area contributed by atoms with Crippen molar-refractivity contribution in [3.63, 3.8) is 0 Å². The molecule has 1 amide bonds. The summed E-state index contributed by atoms with van der Waals surface area (Å²) in [5.41, 5.74) is 0. The number of nitrogens with one attached hydrogen (secondary N) is 1. The van der Waals surface area contributed by atoms with Crippen molar-refractivity contribution in [1.82, 2.24) is 5.32 Å². The van der Waals surface area contributed by atoms with E-state index in [4.69, 9.17) is 0 Å². The van der Waals surface area contributed by atoms with Crippen LogP contribution in [0.3, 0.4) is 0 Å². The van der Waals surface area contributed by atoms with Crippen molar-refractivity contribution in [2.45, 2.75) is 289 Å². The largest absolute Gasteiger partial charge is 0.394 e. The highest BCUT2D eigenvalue weighted by atomic mass is 16.3. The van der Waals surface area contributed by atoms with Gasteiger partial charge in [-0.1, -0.05) is 302 Å². The third-order valence-corrected chi connectivity index (χ3v) is 13.4. The van der Waals surface area contributed by atoms with E-state index in [0.717, 1.165) is 89.9 Å². The number of rotatable bonds is 55. The maximum absolute atomic E-state index is 12.5. The zero-order valence-electron chi connectivity index (χ0n) is 47.9. The summed E-state index contributed by atoms with van der Waals surface area (Å²) >= 11 is 0. The van der Waals surface area contributed by atoms with Gasteiger partial charge in [0.1, 0.15) is 0 Å². The average molecular weight is 1010 g/mol. The van der Waals surface area contributed by atoms with E-state index in [9.17, 15) is 15.0 Å². The molecule has 0 saturated heterocycles. The predicted octanol–water partition coefficient (Wildman–Crippen LogP) is 21.0. The van der Waals surface area contributed by atoms with E-state index in [2.05, 4.69) is 141 Å². The zero-order valence-corrected chi connectivity index (χ0v) is 47.9. The minimum Gasteiger partial charge on any atom is -0.394 e. The first-order chi connectivity index (χ1) is 36.2. The Bertz CT molecular complexity index is 1470. The van der Waals surface area contributed by atoms with Gasteiger partial charge >= 0.3 is 0 Å². The topological polar surface area (TPSA) is 69.6 Å². The molecule has 0 spiro atoms. The second kappa shape index (κ2) is 62.8. The lowest BCUT2D eigenvalue weighted by Crippen LogP contribution is -2.45. The zero-order chi connectivity index (χ0) is 52.7. The van der Waals surface area contributed by atoms with Crippen LogP contribution in [0.15, 0.2) is 134 Å². The van der Waals surface area contributed by atoms with Gasteiger partial charge < -0.3 is 15.5 Å². The van der Waals surface area contributed by atoms with E-state index in [1.54, 1.807) is 6.08 Å². The van der Waals surface area contributed by atoms with Crippen LogP contribution in [0.4, 0.5) is 0 Å². The van der Waals surface area contributed by atoms with Gasteiger partial charge in [-0.25, -0.2) is 0 Å². The number of hydrogen-bond acceptors (Lipinski definition) is 3. The van der Waals surface area contributed by atoms with Crippen molar-refractivity contribution >= 4 is 5.91 Å². The van der Waals surface area contributed by atoms with Crippen LogP contribution >= 0.6 is 0 Å². The van der Waals surface area contributed by atoms with Gasteiger partial charge in [-0.2, -0.15) is 0 Å². The van der Waals surface area contributed by atoms with Crippen molar-refractivity contribution in [2.75, 3.05) is 6.61 Å². The monoisotopic (exact) mass is 1010 g/mol. The first-order valence-electron chi connectivity index (χ1n) is 30.9. The van der Waals surface area contributed by atoms with Crippen LogP contribution in [0.5, 0.6) is 0 Å². The molecule has 2 unspecified atom stereocenters. The van der Waals surface area contributed by atoms with Crippen LogP contribution in [0.2, 0.25) is 0 Å². The van der Waals surface area contributed by atoms with Crippen LogP contribution in [0, 0.1) is 0 Å². The Morgan fingerprint density at radius 3 is 0.959 bits per heavy atom. The molecule has 4 heteroatoms. The fraction of sp³-hybridized carbons (Fsp3) is 0.667. The second-order valence-electron chi connectivity index (χ2n) is 20.4. The number of hydrogen-bond donors (Lipinski definition) is 3. The van der Waals surface area contributed by atoms with Gasteiger partial charge in [-0.15, -0.1) is 0 Å². The highest BCUT2D eigenvalue weighted by molar-refractivity contribution is 5.76. The molecular weight excluding hydrogens is 891 g/mol. The number of carbonyl (C=O) groups is 1. The summed E-state index contributed by atoms with van der Waals surface area (Å²) in [5, 5.41) is 23.2. The molecule has 3 N–H and O–H groups in total. The number of aliphatic hydroxyl groups is 2. The van der Waals surface area contributed by atoms with Crippen molar-refractivity contribution in [3.05, 3.63) is 134 Å². The Labute approximate surface area is 453 Å². The minimum atomic E-state index is -0.871. The molecule has 73 heavy (non-hydrogen) atoms. The second-order valence-corrected chi connectivity index (χ2v) is 20.4. The predicted molar refractivity (Wildman–Crippen MR) is 326 cm³/mol. The molecule has 0 aromatic heterocycles. The number of allylic oxidation sites excluding steroid dienone is 21. The molecule has 0 rings (SSSR count). The molecule has 0 aliphatic rings. The number of carbonyl (C=O) groups excluding carboxylic acids is 1. The first kappa shape index (κ1) is 69.5. The maximum atomic E-state index is 12.5.